The first kappa shape index (κ1) is 17.7. The van der Waals surface area contributed by atoms with Gasteiger partial charge in [-0.05, 0) is 12.0 Å². The van der Waals surface area contributed by atoms with Crippen LogP contribution in [0.5, 0.6) is 0 Å². The van der Waals surface area contributed by atoms with E-state index >= 15 is 0 Å². The lowest BCUT2D eigenvalue weighted by atomic mass is 9.78. The van der Waals surface area contributed by atoms with Gasteiger partial charge in [-0.1, -0.05) is 36.9 Å². The van der Waals surface area contributed by atoms with Crippen LogP contribution in [0.4, 0.5) is 0 Å². The van der Waals surface area contributed by atoms with E-state index in [1.54, 1.807) is 12.1 Å². The molecule has 2 rings (SSSR count). The fourth-order valence-electron chi connectivity index (χ4n) is 2.51. The lowest BCUT2D eigenvalue weighted by Crippen LogP contribution is -2.55. The molecule has 0 radical (unpaired) electrons. The number of cyclic esters (lactones) is 2. The molecule has 0 spiro atoms. The quantitative estimate of drug-likeness (QED) is 0.451. The minimum atomic E-state index is -1.54. The Bertz CT molecular complexity index is 627. The number of benzene rings is 1. The van der Waals surface area contributed by atoms with Gasteiger partial charge in [-0.2, -0.15) is 0 Å². The van der Waals surface area contributed by atoms with Crippen molar-refractivity contribution in [2.24, 2.45) is 5.41 Å². The van der Waals surface area contributed by atoms with Crippen molar-refractivity contribution in [2.75, 3.05) is 6.61 Å². The van der Waals surface area contributed by atoms with Crippen LogP contribution in [-0.2, 0) is 35.0 Å². The van der Waals surface area contributed by atoms with Gasteiger partial charge in [0, 0.05) is 26.3 Å². The maximum absolute atomic E-state index is 12.6. The van der Waals surface area contributed by atoms with Crippen LogP contribution in [0.25, 0.3) is 0 Å². The van der Waals surface area contributed by atoms with E-state index < -0.39 is 29.1 Å². The van der Waals surface area contributed by atoms with E-state index in [-0.39, 0.29) is 19.4 Å². The second-order valence-corrected chi connectivity index (χ2v) is 6.04. The predicted octanol–water partition coefficient (Wildman–Crippen LogP) is 2.17. The smallest absolute Gasteiger partial charge is 0.330 e. The van der Waals surface area contributed by atoms with E-state index in [1.165, 1.54) is 13.8 Å². The van der Waals surface area contributed by atoms with E-state index in [1.807, 2.05) is 18.2 Å². The Labute approximate surface area is 140 Å². The molecule has 0 aromatic heterocycles. The lowest BCUT2D eigenvalue weighted by Gasteiger charge is -2.40. The van der Waals surface area contributed by atoms with Gasteiger partial charge in [0.25, 0.3) is 5.79 Å². The van der Waals surface area contributed by atoms with Crippen LogP contribution in [0.1, 0.15) is 25.8 Å². The third kappa shape index (κ3) is 3.82. The summed E-state index contributed by atoms with van der Waals surface area (Å²) in [6, 6.07) is 9.06. The number of carbonyl (C=O) groups is 3. The fourth-order valence-corrected chi connectivity index (χ4v) is 2.51. The van der Waals surface area contributed by atoms with Crippen LogP contribution >= 0.6 is 0 Å². The second kappa shape index (κ2) is 6.86. The molecule has 0 N–H and O–H groups in total. The molecule has 1 aromatic rings. The summed E-state index contributed by atoms with van der Waals surface area (Å²) in [7, 11) is 0. The highest BCUT2D eigenvalue weighted by molar-refractivity contribution is 6.02. The Hall–Kier alpha value is -2.63. The number of hydrogen-bond donors (Lipinski definition) is 0. The van der Waals surface area contributed by atoms with Crippen LogP contribution < -0.4 is 0 Å². The van der Waals surface area contributed by atoms with Gasteiger partial charge in [0.1, 0.15) is 0 Å². The predicted molar refractivity (Wildman–Crippen MR) is 84.6 cm³/mol. The van der Waals surface area contributed by atoms with Gasteiger partial charge in [-0.25, -0.2) is 4.79 Å². The van der Waals surface area contributed by atoms with Crippen LogP contribution in [0.15, 0.2) is 43.0 Å². The maximum atomic E-state index is 12.6. The molecule has 0 saturated carbocycles. The summed E-state index contributed by atoms with van der Waals surface area (Å²) in [5.41, 5.74) is -0.764. The highest BCUT2D eigenvalue weighted by Gasteiger charge is 2.56. The van der Waals surface area contributed by atoms with Gasteiger partial charge in [-0.15, -0.1) is 0 Å². The van der Waals surface area contributed by atoms with Crippen LogP contribution in [0, 0.1) is 5.41 Å². The SMILES string of the molecule is C=CC(=O)OCCC1(Cc2ccccc2)C(=O)OC(C)(C)OC1=O. The molecule has 1 heterocycles. The minimum Gasteiger partial charge on any atom is -0.462 e. The Kier molecular flexibility index (Phi) is 5.07. The van der Waals surface area contributed by atoms with Crippen LogP contribution in [0.3, 0.4) is 0 Å². The zero-order chi connectivity index (χ0) is 17.8. The van der Waals surface area contributed by atoms with Crippen LogP contribution in [0.2, 0.25) is 0 Å². The molecule has 6 heteroatoms. The van der Waals surface area contributed by atoms with E-state index in [4.69, 9.17) is 14.2 Å². The standard InChI is InChI=1S/C18H20O6/c1-4-14(19)22-11-10-18(12-13-8-6-5-7-9-13)15(20)23-17(2,3)24-16(18)21/h4-9H,1,10-12H2,2-3H3. The molecule has 0 amide bonds. The van der Waals surface area contributed by atoms with E-state index in [0.29, 0.717) is 0 Å². The number of hydrogen-bond acceptors (Lipinski definition) is 6. The van der Waals surface area contributed by atoms with Gasteiger partial charge < -0.3 is 14.2 Å². The molecule has 1 saturated heterocycles. The first-order valence-electron chi connectivity index (χ1n) is 7.59. The van der Waals surface area contributed by atoms with Gasteiger partial charge in [0.15, 0.2) is 5.41 Å². The van der Waals surface area contributed by atoms with Crippen molar-refractivity contribution >= 4 is 17.9 Å². The summed E-state index contributed by atoms with van der Waals surface area (Å²) in [5.74, 6) is -3.29. The number of ether oxygens (including phenoxy) is 3. The van der Waals surface area contributed by atoms with E-state index in [2.05, 4.69) is 6.58 Å². The van der Waals surface area contributed by atoms with Crippen molar-refractivity contribution in [2.45, 2.75) is 32.5 Å². The normalized spacial score (nSPS) is 18.2. The van der Waals surface area contributed by atoms with E-state index in [0.717, 1.165) is 11.6 Å². The first-order chi connectivity index (χ1) is 11.3. The Balaban J connectivity index is 2.27. The summed E-state index contributed by atoms with van der Waals surface area (Å²) in [5, 5.41) is 0. The third-order valence-electron chi connectivity index (χ3n) is 3.75. The molecular weight excluding hydrogens is 312 g/mol. The molecule has 24 heavy (non-hydrogen) atoms. The highest BCUT2D eigenvalue weighted by Crippen LogP contribution is 2.38. The molecule has 1 aliphatic heterocycles. The topological polar surface area (TPSA) is 78.9 Å². The average molecular weight is 332 g/mol. The van der Waals surface area contributed by atoms with Crippen molar-refractivity contribution in [3.05, 3.63) is 48.6 Å². The maximum Gasteiger partial charge on any atom is 0.330 e. The summed E-state index contributed by atoms with van der Waals surface area (Å²) in [4.78, 5) is 36.4. The minimum absolute atomic E-state index is 0.0325. The number of carbonyl (C=O) groups excluding carboxylic acids is 3. The Morgan fingerprint density at radius 1 is 1.17 bits per heavy atom. The van der Waals surface area contributed by atoms with E-state index in [9.17, 15) is 14.4 Å². The number of rotatable bonds is 6. The zero-order valence-corrected chi connectivity index (χ0v) is 13.7. The molecule has 1 fully saturated rings. The summed E-state index contributed by atoms with van der Waals surface area (Å²) >= 11 is 0. The third-order valence-corrected chi connectivity index (χ3v) is 3.75. The molecule has 0 aliphatic carbocycles. The van der Waals surface area contributed by atoms with Crippen molar-refractivity contribution in [3.63, 3.8) is 0 Å². The summed E-state index contributed by atoms with van der Waals surface area (Å²) in [6.07, 6.45) is 1.09. The molecule has 1 aliphatic rings. The molecule has 1 aromatic carbocycles. The zero-order valence-electron chi connectivity index (χ0n) is 13.7. The van der Waals surface area contributed by atoms with Crippen molar-refractivity contribution in [3.8, 4) is 0 Å². The lowest BCUT2D eigenvalue weighted by molar-refractivity contribution is -0.252. The fraction of sp³-hybridized carbons (Fsp3) is 0.389. The van der Waals surface area contributed by atoms with Crippen molar-refractivity contribution in [1.82, 2.24) is 0 Å². The molecule has 6 nitrogen and oxygen atoms in total. The first-order valence-corrected chi connectivity index (χ1v) is 7.59. The second-order valence-electron chi connectivity index (χ2n) is 6.04. The molecule has 0 bridgehead atoms. The summed E-state index contributed by atoms with van der Waals surface area (Å²) < 4.78 is 15.5. The Morgan fingerprint density at radius 2 is 1.75 bits per heavy atom. The van der Waals surface area contributed by atoms with Crippen LogP contribution in [-0.4, -0.2) is 30.3 Å². The van der Waals surface area contributed by atoms with Gasteiger partial charge in [0.05, 0.1) is 6.61 Å². The van der Waals surface area contributed by atoms with Gasteiger partial charge in [-0.3, -0.25) is 9.59 Å². The molecular formula is C18H20O6. The number of esters is 3. The van der Waals surface area contributed by atoms with Crippen molar-refractivity contribution in [1.29, 1.82) is 0 Å². The highest BCUT2D eigenvalue weighted by atomic mass is 16.7. The van der Waals surface area contributed by atoms with Gasteiger partial charge in [0.2, 0.25) is 0 Å². The molecule has 0 atom stereocenters. The average Bonchev–Trinajstić information content (AvgIpc) is 2.52. The summed E-state index contributed by atoms with van der Waals surface area (Å²) in [6.45, 7) is 6.17. The largest absolute Gasteiger partial charge is 0.462 e. The van der Waals surface area contributed by atoms with Crippen molar-refractivity contribution < 1.29 is 28.6 Å². The Morgan fingerprint density at radius 3 is 2.29 bits per heavy atom. The van der Waals surface area contributed by atoms with Gasteiger partial charge >= 0.3 is 17.9 Å². The molecule has 128 valence electrons. The monoisotopic (exact) mass is 332 g/mol. The molecule has 0 unspecified atom stereocenters.